The van der Waals surface area contributed by atoms with E-state index in [9.17, 15) is 22.0 Å². The summed E-state index contributed by atoms with van der Waals surface area (Å²) >= 11 is 0. The van der Waals surface area contributed by atoms with Gasteiger partial charge in [0.15, 0.2) is 0 Å². The van der Waals surface area contributed by atoms with Gasteiger partial charge in [0.2, 0.25) is 15.9 Å². The van der Waals surface area contributed by atoms with Crippen LogP contribution in [0.3, 0.4) is 0 Å². The second-order valence-electron chi connectivity index (χ2n) is 5.36. The molecule has 1 unspecified atom stereocenters. The fraction of sp³-hybridized carbons (Fsp3) is 0.500. The first kappa shape index (κ1) is 20.8. The Morgan fingerprint density at radius 1 is 1.38 bits per heavy atom. The van der Waals surface area contributed by atoms with Crippen molar-refractivity contribution in [3.8, 4) is 0 Å². The van der Waals surface area contributed by atoms with Crippen molar-refractivity contribution in [3.05, 3.63) is 29.8 Å². The van der Waals surface area contributed by atoms with Crippen molar-refractivity contribution in [1.29, 1.82) is 0 Å². The van der Waals surface area contributed by atoms with Crippen LogP contribution in [0.5, 0.6) is 0 Å². The third-order valence-corrected chi connectivity index (χ3v) is 5.61. The molecule has 1 aromatic carbocycles. The summed E-state index contributed by atoms with van der Waals surface area (Å²) in [5.74, 6) is -2.76. The van der Waals surface area contributed by atoms with E-state index in [1.807, 2.05) is 0 Å². The number of sulfonamides is 1. The highest BCUT2D eigenvalue weighted by atomic mass is 35.5. The largest absolute Gasteiger partial charge is 0.355 e. The zero-order valence-electron chi connectivity index (χ0n) is 12.9. The van der Waals surface area contributed by atoms with Gasteiger partial charge in [0.05, 0.1) is 5.92 Å². The van der Waals surface area contributed by atoms with Crippen molar-refractivity contribution in [3.63, 3.8) is 0 Å². The summed E-state index contributed by atoms with van der Waals surface area (Å²) in [7, 11) is -4.11. The van der Waals surface area contributed by atoms with E-state index >= 15 is 0 Å². The van der Waals surface area contributed by atoms with Crippen LogP contribution >= 0.6 is 12.4 Å². The van der Waals surface area contributed by atoms with Gasteiger partial charge < -0.3 is 11.1 Å². The number of nitrogens with two attached hydrogens (primary N) is 1. The highest BCUT2D eigenvalue weighted by Gasteiger charge is 2.34. The first-order valence-electron chi connectivity index (χ1n) is 7.29. The standard InChI is InChI=1S/C14H19F2N3O3S.ClH/c15-11-3-4-13(12(16)8-11)23(21,22)19-7-1-2-10(9-19)14(20)18-6-5-17;/h3-4,8,10H,1-2,5-7,9,17H2,(H,18,20);1H. The Hall–Kier alpha value is -1.29. The number of carbonyl (C=O) groups is 1. The lowest BCUT2D eigenvalue weighted by atomic mass is 9.99. The molecule has 0 spiro atoms. The van der Waals surface area contributed by atoms with Crippen molar-refractivity contribution in [2.24, 2.45) is 11.7 Å². The summed E-state index contributed by atoms with van der Waals surface area (Å²) in [6, 6.07) is 2.33. The molecule has 1 saturated heterocycles. The van der Waals surface area contributed by atoms with Gasteiger partial charge in [-0.15, -0.1) is 12.4 Å². The van der Waals surface area contributed by atoms with Crippen LogP contribution in [0.15, 0.2) is 23.1 Å². The van der Waals surface area contributed by atoms with E-state index in [2.05, 4.69) is 5.32 Å². The number of rotatable bonds is 5. The maximum absolute atomic E-state index is 13.8. The minimum atomic E-state index is -4.11. The molecule has 1 aliphatic heterocycles. The molecule has 2 rings (SSSR count). The minimum absolute atomic E-state index is 0. The van der Waals surface area contributed by atoms with Gasteiger partial charge in [-0.1, -0.05) is 0 Å². The highest BCUT2D eigenvalue weighted by Crippen LogP contribution is 2.25. The number of amides is 1. The molecule has 0 bridgehead atoms. The number of nitrogens with zero attached hydrogens (tertiary/aromatic N) is 1. The zero-order valence-corrected chi connectivity index (χ0v) is 14.5. The number of halogens is 3. The van der Waals surface area contributed by atoms with Crippen LogP contribution in [0.25, 0.3) is 0 Å². The van der Waals surface area contributed by atoms with Crippen molar-refractivity contribution in [2.75, 3.05) is 26.2 Å². The van der Waals surface area contributed by atoms with Crippen LogP contribution < -0.4 is 11.1 Å². The Morgan fingerprint density at radius 2 is 2.08 bits per heavy atom. The van der Waals surface area contributed by atoms with Crippen LogP contribution in [0.4, 0.5) is 8.78 Å². The predicted molar refractivity (Wildman–Crippen MR) is 87.2 cm³/mol. The summed E-state index contributed by atoms with van der Waals surface area (Å²) in [6.45, 7) is 0.769. The van der Waals surface area contributed by atoms with Crippen molar-refractivity contribution >= 4 is 28.3 Å². The SMILES string of the molecule is Cl.NCCNC(=O)C1CCCN(S(=O)(=O)c2ccc(F)cc2F)C1. The molecule has 136 valence electrons. The third-order valence-electron chi connectivity index (χ3n) is 3.71. The Kier molecular flexibility index (Phi) is 7.53. The summed E-state index contributed by atoms with van der Waals surface area (Å²) in [6.07, 6.45) is 1.04. The average Bonchev–Trinajstić information content (AvgIpc) is 2.52. The van der Waals surface area contributed by atoms with Gasteiger partial charge >= 0.3 is 0 Å². The zero-order chi connectivity index (χ0) is 17.0. The molecule has 3 N–H and O–H groups in total. The van der Waals surface area contributed by atoms with Crippen LogP contribution in [-0.2, 0) is 14.8 Å². The molecule has 1 heterocycles. The molecule has 0 aliphatic carbocycles. The monoisotopic (exact) mass is 383 g/mol. The molecular formula is C14H20ClF2N3O3S. The summed E-state index contributed by atoms with van der Waals surface area (Å²) in [4.78, 5) is 11.4. The van der Waals surface area contributed by atoms with Crippen molar-refractivity contribution in [1.82, 2.24) is 9.62 Å². The number of hydrogen-bond acceptors (Lipinski definition) is 4. The average molecular weight is 384 g/mol. The third kappa shape index (κ3) is 4.62. The molecule has 0 aromatic heterocycles. The molecular weight excluding hydrogens is 364 g/mol. The lowest BCUT2D eigenvalue weighted by molar-refractivity contribution is -0.126. The number of carbonyl (C=O) groups excluding carboxylic acids is 1. The van der Waals surface area contributed by atoms with E-state index in [-0.39, 0.29) is 31.4 Å². The first-order valence-corrected chi connectivity index (χ1v) is 8.73. The van der Waals surface area contributed by atoms with Crippen LogP contribution in [-0.4, -0.2) is 44.8 Å². The van der Waals surface area contributed by atoms with E-state index in [1.165, 1.54) is 0 Å². The molecule has 1 fully saturated rings. The molecule has 6 nitrogen and oxygen atoms in total. The van der Waals surface area contributed by atoms with E-state index in [0.29, 0.717) is 32.0 Å². The molecule has 1 aromatic rings. The van der Waals surface area contributed by atoms with Crippen LogP contribution in [0, 0.1) is 17.6 Å². The van der Waals surface area contributed by atoms with Gasteiger partial charge in [-0.25, -0.2) is 17.2 Å². The van der Waals surface area contributed by atoms with Gasteiger partial charge in [0.1, 0.15) is 16.5 Å². The Balaban J connectivity index is 0.00000288. The number of piperidine rings is 1. The van der Waals surface area contributed by atoms with Gasteiger partial charge in [-0.3, -0.25) is 4.79 Å². The quantitative estimate of drug-likeness (QED) is 0.788. The van der Waals surface area contributed by atoms with Crippen LogP contribution in [0.1, 0.15) is 12.8 Å². The Bertz CT molecular complexity index is 688. The predicted octanol–water partition coefficient (Wildman–Crippen LogP) is 0.862. The maximum Gasteiger partial charge on any atom is 0.246 e. The van der Waals surface area contributed by atoms with E-state index < -0.39 is 32.5 Å². The highest BCUT2D eigenvalue weighted by molar-refractivity contribution is 7.89. The Morgan fingerprint density at radius 3 is 2.71 bits per heavy atom. The Labute approximate surface area is 145 Å². The first-order chi connectivity index (χ1) is 10.9. The summed E-state index contributed by atoms with van der Waals surface area (Å²) in [5, 5.41) is 2.62. The lowest BCUT2D eigenvalue weighted by Gasteiger charge is -2.31. The van der Waals surface area contributed by atoms with E-state index in [4.69, 9.17) is 5.73 Å². The van der Waals surface area contributed by atoms with Crippen molar-refractivity contribution < 1.29 is 22.0 Å². The molecule has 1 amide bonds. The molecule has 10 heteroatoms. The van der Waals surface area contributed by atoms with Gasteiger partial charge in [-0.05, 0) is 25.0 Å². The topological polar surface area (TPSA) is 92.5 Å². The number of hydrogen-bond donors (Lipinski definition) is 2. The maximum atomic E-state index is 13.8. The second-order valence-corrected chi connectivity index (χ2v) is 7.26. The van der Waals surface area contributed by atoms with Crippen LogP contribution in [0.2, 0.25) is 0 Å². The minimum Gasteiger partial charge on any atom is -0.355 e. The van der Waals surface area contributed by atoms with Gasteiger partial charge in [0.25, 0.3) is 0 Å². The van der Waals surface area contributed by atoms with Gasteiger partial charge in [0, 0.05) is 32.2 Å². The van der Waals surface area contributed by atoms with Crippen molar-refractivity contribution in [2.45, 2.75) is 17.7 Å². The second kappa shape index (κ2) is 8.70. The number of nitrogens with one attached hydrogen (secondary N) is 1. The number of benzene rings is 1. The van der Waals surface area contributed by atoms with E-state index in [0.717, 1.165) is 16.4 Å². The smallest absolute Gasteiger partial charge is 0.246 e. The fourth-order valence-electron chi connectivity index (χ4n) is 2.54. The van der Waals surface area contributed by atoms with E-state index in [1.54, 1.807) is 0 Å². The molecule has 1 atom stereocenters. The molecule has 24 heavy (non-hydrogen) atoms. The fourth-order valence-corrected chi connectivity index (χ4v) is 4.11. The summed E-state index contributed by atoms with van der Waals surface area (Å²) < 4.78 is 52.8. The van der Waals surface area contributed by atoms with Gasteiger partial charge in [-0.2, -0.15) is 4.31 Å². The molecule has 1 aliphatic rings. The molecule has 0 saturated carbocycles. The summed E-state index contributed by atoms with van der Waals surface area (Å²) in [5.41, 5.74) is 5.31. The lowest BCUT2D eigenvalue weighted by Crippen LogP contribution is -2.46. The normalized spacial score (nSPS) is 18.7. The molecule has 0 radical (unpaired) electrons.